The second kappa shape index (κ2) is 9.74. The average Bonchev–Trinajstić information content (AvgIpc) is 3.46. The molecule has 0 radical (unpaired) electrons. The summed E-state index contributed by atoms with van der Waals surface area (Å²) in [4.78, 5) is 22.6. The summed E-state index contributed by atoms with van der Waals surface area (Å²) in [5.74, 6) is -0.920. The molecule has 1 aliphatic carbocycles. The van der Waals surface area contributed by atoms with Crippen molar-refractivity contribution < 1.29 is 15.0 Å². The standard InChI is InChI=1S/C22H28ClN5O3S/c1-3-12(9-13-5-6-17(23)32-13)27-15-7-8-25-21-18(15)26-11-28(21)16-10-14(19(29)20(16)30)22(31)24-4-2/h5-8,11-12,14,16,19-20,29-30H,3-4,9-10H2,1-2H3,(H,24,31)(H,25,27)/t12?,14-,16+,19+,20-/m0/s1. The van der Waals surface area contributed by atoms with Gasteiger partial charge in [0.25, 0.3) is 0 Å². The number of imidazole rings is 1. The summed E-state index contributed by atoms with van der Waals surface area (Å²) in [6.07, 6.45) is 3.20. The van der Waals surface area contributed by atoms with Crippen LogP contribution in [0.5, 0.6) is 0 Å². The Morgan fingerprint density at radius 3 is 2.78 bits per heavy atom. The van der Waals surface area contributed by atoms with Gasteiger partial charge in [-0.3, -0.25) is 4.79 Å². The van der Waals surface area contributed by atoms with Gasteiger partial charge < -0.3 is 25.4 Å². The second-order valence-corrected chi connectivity index (χ2v) is 9.93. The molecule has 3 aromatic heterocycles. The average molecular weight is 478 g/mol. The minimum Gasteiger partial charge on any atom is -0.390 e. The quantitative estimate of drug-likeness (QED) is 0.397. The van der Waals surface area contributed by atoms with Crippen LogP contribution in [0.4, 0.5) is 5.69 Å². The molecule has 1 aliphatic rings. The molecule has 4 N–H and O–H groups in total. The van der Waals surface area contributed by atoms with Gasteiger partial charge in [0.2, 0.25) is 5.91 Å². The molecule has 5 atom stereocenters. The molecule has 4 rings (SSSR count). The molecule has 1 fully saturated rings. The molecular weight excluding hydrogens is 450 g/mol. The van der Waals surface area contributed by atoms with E-state index in [0.29, 0.717) is 24.1 Å². The molecule has 0 aliphatic heterocycles. The van der Waals surface area contributed by atoms with E-state index in [4.69, 9.17) is 11.6 Å². The first-order valence-corrected chi connectivity index (χ1v) is 12.1. The number of carbonyl (C=O) groups is 1. The SMILES string of the molecule is CCNC(=O)[C@H]1C[C@@H](n2cnc3c(NC(CC)Cc4ccc(Cl)s4)ccnc32)[C@H](O)[C@@H]1O. The Bertz CT molecular complexity index is 1090. The number of aromatic nitrogens is 3. The van der Waals surface area contributed by atoms with Gasteiger partial charge in [0.15, 0.2) is 5.65 Å². The lowest BCUT2D eigenvalue weighted by molar-refractivity contribution is -0.128. The van der Waals surface area contributed by atoms with E-state index in [9.17, 15) is 15.0 Å². The molecule has 0 spiro atoms. The monoisotopic (exact) mass is 477 g/mol. The number of fused-ring (bicyclic) bond motifs is 1. The molecule has 1 saturated carbocycles. The van der Waals surface area contributed by atoms with Gasteiger partial charge in [-0.2, -0.15) is 0 Å². The zero-order valence-electron chi connectivity index (χ0n) is 18.0. The molecule has 3 aromatic rings. The maximum Gasteiger partial charge on any atom is 0.225 e. The van der Waals surface area contributed by atoms with Crippen molar-refractivity contribution in [2.75, 3.05) is 11.9 Å². The van der Waals surface area contributed by atoms with Crippen molar-refractivity contribution in [2.24, 2.45) is 5.92 Å². The van der Waals surface area contributed by atoms with Gasteiger partial charge in [0.1, 0.15) is 11.6 Å². The number of nitrogens with zero attached hydrogens (tertiary/aromatic N) is 3. The van der Waals surface area contributed by atoms with Gasteiger partial charge in [-0.25, -0.2) is 9.97 Å². The number of anilines is 1. The molecule has 8 nitrogen and oxygen atoms in total. The van der Waals surface area contributed by atoms with Crippen LogP contribution in [0.1, 0.15) is 37.6 Å². The number of thiophene rings is 1. The van der Waals surface area contributed by atoms with E-state index in [1.807, 2.05) is 25.1 Å². The van der Waals surface area contributed by atoms with Crippen molar-refractivity contribution in [2.45, 2.75) is 57.4 Å². The zero-order valence-corrected chi connectivity index (χ0v) is 19.6. The molecule has 1 amide bonds. The number of halogens is 1. The lowest BCUT2D eigenvalue weighted by Gasteiger charge is -2.19. The number of aliphatic hydroxyl groups excluding tert-OH is 2. The molecule has 10 heteroatoms. The number of pyridine rings is 1. The number of amides is 1. The van der Waals surface area contributed by atoms with Gasteiger partial charge in [-0.15, -0.1) is 11.3 Å². The second-order valence-electron chi connectivity index (χ2n) is 8.13. The van der Waals surface area contributed by atoms with Gasteiger partial charge in [0, 0.05) is 30.1 Å². The third-order valence-electron chi connectivity index (χ3n) is 6.09. The smallest absolute Gasteiger partial charge is 0.225 e. The van der Waals surface area contributed by atoms with Crippen molar-refractivity contribution in [1.82, 2.24) is 19.9 Å². The van der Waals surface area contributed by atoms with E-state index in [0.717, 1.165) is 22.9 Å². The Kier molecular flexibility index (Phi) is 6.99. The number of hydrogen-bond acceptors (Lipinski definition) is 7. The van der Waals surface area contributed by atoms with E-state index >= 15 is 0 Å². The Hall–Kier alpha value is -2.20. The fraction of sp³-hybridized carbons (Fsp3) is 0.500. The molecule has 0 aromatic carbocycles. The number of hydrogen-bond donors (Lipinski definition) is 4. The van der Waals surface area contributed by atoms with Crippen LogP contribution in [-0.2, 0) is 11.2 Å². The van der Waals surface area contributed by atoms with Crippen molar-refractivity contribution in [3.8, 4) is 0 Å². The Labute approximate surface area is 195 Å². The fourth-order valence-corrected chi connectivity index (χ4v) is 5.53. The minimum atomic E-state index is -1.13. The predicted octanol–water partition coefficient (Wildman–Crippen LogP) is 3.00. The van der Waals surface area contributed by atoms with Crippen LogP contribution in [0, 0.1) is 5.92 Å². The number of carbonyl (C=O) groups excluding carboxylic acids is 1. The first-order chi connectivity index (χ1) is 15.4. The summed E-state index contributed by atoms with van der Waals surface area (Å²) in [5.41, 5.74) is 2.16. The van der Waals surface area contributed by atoms with Gasteiger partial charge in [-0.1, -0.05) is 18.5 Å². The maximum absolute atomic E-state index is 12.3. The summed E-state index contributed by atoms with van der Waals surface area (Å²) >= 11 is 7.66. The van der Waals surface area contributed by atoms with Crippen LogP contribution in [0.3, 0.4) is 0 Å². The van der Waals surface area contributed by atoms with E-state index in [-0.39, 0.29) is 11.9 Å². The van der Waals surface area contributed by atoms with Crippen LogP contribution >= 0.6 is 22.9 Å². The molecular formula is C22H28ClN5O3S. The molecule has 172 valence electrons. The normalized spacial score (nSPS) is 24.0. The topological polar surface area (TPSA) is 112 Å². The Balaban J connectivity index is 1.57. The summed E-state index contributed by atoms with van der Waals surface area (Å²) in [5, 5.41) is 27.4. The van der Waals surface area contributed by atoms with Crippen molar-refractivity contribution in [1.29, 1.82) is 0 Å². The molecule has 3 heterocycles. The van der Waals surface area contributed by atoms with Crippen molar-refractivity contribution in [3.63, 3.8) is 0 Å². The number of aliphatic hydroxyl groups is 2. The fourth-order valence-electron chi connectivity index (χ4n) is 4.36. The van der Waals surface area contributed by atoms with Gasteiger partial charge in [-0.05, 0) is 38.0 Å². The Morgan fingerprint density at radius 1 is 1.28 bits per heavy atom. The number of nitrogens with one attached hydrogen (secondary N) is 2. The van der Waals surface area contributed by atoms with Crippen molar-refractivity contribution in [3.05, 3.63) is 39.9 Å². The summed E-state index contributed by atoms with van der Waals surface area (Å²) in [6, 6.07) is 5.56. The van der Waals surface area contributed by atoms with Crippen LogP contribution in [0.15, 0.2) is 30.7 Å². The molecule has 1 unspecified atom stereocenters. The third kappa shape index (κ3) is 4.47. The minimum absolute atomic E-state index is 0.196. The van der Waals surface area contributed by atoms with Crippen LogP contribution < -0.4 is 10.6 Å². The lowest BCUT2D eigenvalue weighted by atomic mass is 10.0. The van der Waals surface area contributed by atoms with E-state index < -0.39 is 24.2 Å². The van der Waals surface area contributed by atoms with E-state index in [1.54, 1.807) is 28.4 Å². The highest BCUT2D eigenvalue weighted by atomic mass is 35.5. The van der Waals surface area contributed by atoms with Crippen LogP contribution in [0.25, 0.3) is 11.2 Å². The van der Waals surface area contributed by atoms with Crippen LogP contribution in [0.2, 0.25) is 4.34 Å². The molecule has 0 saturated heterocycles. The molecule has 32 heavy (non-hydrogen) atoms. The highest BCUT2D eigenvalue weighted by Crippen LogP contribution is 2.37. The zero-order chi connectivity index (χ0) is 22.8. The van der Waals surface area contributed by atoms with Crippen molar-refractivity contribution >= 4 is 45.7 Å². The highest BCUT2D eigenvalue weighted by Gasteiger charge is 2.46. The third-order valence-corrected chi connectivity index (χ3v) is 7.34. The summed E-state index contributed by atoms with van der Waals surface area (Å²) in [6.45, 7) is 4.43. The first kappa shape index (κ1) is 23.0. The largest absolute Gasteiger partial charge is 0.390 e. The summed E-state index contributed by atoms with van der Waals surface area (Å²) in [7, 11) is 0. The van der Waals surface area contributed by atoms with E-state index in [2.05, 4.69) is 27.5 Å². The highest BCUT2D eigenvalue weighted by molar-refractivity contribution is 7.16. The predicted molar refractivity (Wildman–Crippen MR) is 126 cm³/mol. The van der Waals surface area contributed by atoms with Gasteiger partial charge in [0.05, 0.1) is 34.4 Å². The van der Waals surface area contributed by atoms with Crippen LogP contribution in [-0.4, -0.2) is 55.4 Å². The maximum atomic E-state index is 12.3. The Morgan fingerprint density at radius 2 is 2.09 bits per heavy atom. The van der Waals surface area contributed by atoms with Gasteiger partial charge >= 0.3 is 0 Å². The lowest BCUT2D eigenvalue weighted by Crippen LogP contribution is -2.38. The first-order valence-electron chi connectivity index (χ1n) is 10.9. The number of rotatable bonds is 8. The van der Waals surface area contributed by atoms with E-state index in [1.165, 1.54) is 4.88 Å². The molecule has 0 bridgehead atoms. The summed E-state index contributed by atoms with van der Waals surface area (Å²) < 4.78 is 2.55.